The molecule has 8 nitrogen and oxygen atoms in total. The van der Waals surface area contributed by atoms with Crippen LogP contribution in [-0.4, -0.2) is 22.2 Å². The highest BCUT2D eigenvalue weighted by atomic mass is 31.1. The SMILES string of the molecule is CC(C)NNC(=O)c1ccncc1.O=P(=O)OO.[HH]. The largest absolute Gasteiger partial charge is 0.496 e. The van der Waals surface area contributed by atoms with Crippen molar-refractivity contribution in [3.8, 4) is 0 Å². The summed E-state index contributed by atoms with van der Waals surface area (Å²) in [6, 6.07) is 3.56. The summed E-state index contributed by atoms with van der Waals surface area (Å²) in [6.07, 6.45) is 3.18. The topological polar surface area (TPSA) is 118 Å². The van der Waals surface area contributed by atoms with Crippen LogP contribution in [0.5, 0.6) is 0 Å². The Bertz CT molecular complexity index is 419. The molecule has 0 spiro atoms. The van der Waals surface area contributed by atoms with E-state index < -0.39 is 7.91 Å². The average molecular weight is 277 g/mol. The Kier molecular flexibility index (Phi) is 8.59. The summed E-state index contributed by atoms with van der Waals surface area (Å²) < 4.78 is 20.6. The van der Waals surface area contributed by atoms with Crippen LogP contribution in [0.15, 0.2) is 24.5 Å². The van der Waals surface area contributed by atoms with Crippen LogP contribution in [0.25, 0.3) is 0 Å². The molecule has 0 saturated carbocycles. The van der Waals surface area contributed by atoms with Crippen LogP contribution in [0.3, 0.4) is 0 Å². The standard InChI is InChI=1S/C9H13N3O.HO4P.H2/c1-7(2)11-12-9(13)8-3-5-10-6-4-8;1-4-5(2)3;/h3-7,11H,1-2H3,(H,12,13);1H;1H. The number of aromatic nitrogens is 1. The second-order valence-corrected chi connectivity index (χ2v) is 3.90. The fraction of sp³-hybridized carbons (Fsp3) is 0.333. The van der Waals surface area contributed by atoms with Crippen LogP contribution in [0.4, 0.5) is 0 Å². The minimum atomic E-state index is -3.04. The number of pyridine rings is 1. The van der Waals surface area contributed by atoms with Crippen LogP contribution in [-0.2, 0) is 13.8 Å². The molecule has 0 fully saturated rings. The van der Waals surface area contributed by atoms with E-state index in [1.807, 2.05) is 13.8 Å². The molecular formula is C9H16N3O5P. The molecule has 1 rings (SSSR count). The van der Waals surface area contributed by atoms with Crippen LogP contribution in [0, 0.1) is 0 Å². The van der Waals surface area contributed by atoms with Crippen molar-refractivity contribution in [3.63, 3.8) is 0 Å². The van der Waals surface area contributed by atoms with Gasteiger partial charge in [0.2, 0.25) is 0 Å². The predicted molar refractivity (Wildman–Crippen MR) is 64.1 cm³/mol. The molecule has 102 valence electrons. The summed E-state index contributed by atoms with van der Waals surface area (Å²) in [5.41, 5.74) is 6.01. The molecular weight excluding hydrogens is 261 g/mol. The Hall–Kier alpha value is -1.60. The maximum Gasteiger partial charge on any atom is 0.496 e. The zero-order valence-corrected chi connectivity index (χ0v) is 10.8. The molecule has 1 aromatic rings. The van der Waals surface area contributed by atoms with Crippen molar-refractivity contribution in [2.24, 2.45) is 0 Å². The first-order valence-electron chi connectivity index (χ1n) is 4.89. The Balaban J connectivity index is 0. The monoisotopic (exact) mass is 277 g/mol. The summed E-state index contributed by atoms with van der Waals surface area (Å²) >= 11 is 0. The molecule has 1 aromatic heterocycles. The maximum absolute atomic E-state index is 11.3. The Morgan fingerprint density at radius 1 is 1.44 bits per heavy atom. The first-order valence-corrected chi connectivity index (χ1v) is 5.98. The molecule has 1 amide bonds. The lowest BCUT2D eigenvalue weighted by Crippen LogP contribution is -2.41. The van der Waals surface area contributed by atoms with Crippen molar-refractivity contribution in [2.75, 3.05) is 0 Å². The van der Waals surface area contributed by atoms with Crippen LogP contribution >= 0.6 is 7.91 Å². The van der Waals surface area contributed by atoms with E-state index in [0.717, 1.165) is 0 Å². The molecule has 0 radical (unpaired) electrons. The Labute approximate surface area is 106 Å². The van der Waals surface area contributed by atoms with E-state index in [4.69, 9.17) is 14.4 Å². The van der Waals surface area contributed by atoms with Gasteiger partial charge in [-0.15, -0.1) is 4.67 Å². The van der Waals surface area contributed by atoms with Crippen molar-refractivity contribution in [2.45, 2.75) is 19.9 Å². The Morgan fingerprint density at radius 2 is 1.94 bits per heavy atom. The van der Waals surface area contributed by atoms with Crippen LogP contribution in [0.2, 0.25) is 0 Å². The predicted octanol–water partition coefficient (Wildman–Crippen LogP) is 1.53. The lowest BCUT2D eigenvalue weighted by Gasteiger charge is -2.09. The van der Waals surface area contributed by atoms with E-state index in [0.29, 0.717) is 5.56 Å². The van der Waals surface area contributed by atoms with Crippen LogP contribution in [0.1, 0.15) is 25.6 Å². The van der Waals surface area contributed by atoms with E-state index in [9.17, 15) is 4.79 Å². The fourth-order valence-corrected chi connectivity index (χ4v) is 0.785. The summed E-state index contributed by atoms with van der Waals surface area (Å²) in [5, 5.41) is 7.05. The van der Waals surface area contributed by atoms with Gasteiger partial charge in [0, 0.05) is 25.4 Å². The normalized spacial score (nSPS) is 9.33. The lowest BCUT2D eigenvalue weighted by atomic mass is 10.2. The van der Waals surface area contributed by atoms with Crippen LogP contribution < -0.4 is 10.9 Å². The number of carbonyl (C=O) groups is 1. The number of carbonyl (C=O) groups excluding carboxylic acids is 1. The third kappa shape index (κ3) is 8.54. The minimum Gasteiger partial charge on any atom is -0.287 e. The zero-order valence-electron chi connectivity index (χ0n) is 9.86. The van der Waals surface area contributed by atoms with Gasteiger partial charge in [-0.1, -0.05) is 0 Å². The second kappa shape index (κ2) is 9.43. The van der Waals surface area contributed by atoms with Gasteiger partial charge in [0.05, 0.1) is 0 Å². The van der Waals surface area contributed by atoms with Crippen molar-refractivity contribution in [1.82, 2.24) is 15.8 Å². The molecule has 1 heterocycles. The fourth-order valence-electron chi connectivity index (χ4n) is 0.785. The van der Waals surface area contributed by atoms with Gasteiger partial charge < -0.3 is 0 Å². The third-order valence-corrected chi connectivity index (χ3v) is 1.62. The quantitative estimate of drug-likeness (QED) is 0.434. The minimum absolute atomic E-state index is 0. The molecule has 0 aliphatic heterocycles. The highest BCUT2D eigenvalue weighted by molar-refractivity contribution is 7.24. The molecule has 3 N–H and O–H groups in total. The van der Waals surface area contributed by atoms with Gasteiger partial charge in [0.25, 0.3) is 5.91 Å². The van der Waals surface area contributed by atoms with Crippen molar-refractivity contribution in [1.29, 1.82) is 0 Å². The number of nitrogens with one attached hydrogen (secondary N) is 2. The number of hydrazine groups is 1. The zero-order chi connectivity index (χ0) is 14.0. The summed E-state index contributed by atoms with van der Waals surface area (Å²) in [5.74, 6) is -0.142. The molecule has 9 heteroatoms. The highest BCUT2D eigenvalue weighted by Crippen LogP contribution is 1.97. The molecule has 0 bridgehead atoms. The first-order chi connectivity index (χ1) is 8.47. The summed E-state index contributed by atoms with van der Waals surface area (Å²) in [6.45, 7) is 3.90. The molecule has 0 aromatic carbocycles. The van der Waals surface area contributed by atoms with E-state index in [1.54, 1.807) is 24.5 Å². The third-order valence-electron chi connectivity index (χ3n) is 1.48. The molecule has 0 saturated heterocycles. The van der Waals surface area contributed by atoms with Gasteiger partial charge >= 0.3 is 7.91 Å². The number of rotatable bonds is 4. The first kappa shape index (κ1) is 16.4. The van der Waals surface area contributed by atoms with E-state index in [1.165, 1.54) is 0 Å². The smallest absolute Gasteiger partial charge is 0.287 e. The van der Waals surface area contributed by atoms with Crippen molar-refractivity contribution < 1.29 is 25.3 Å². The average Bonchev–Trinajstić information content (AvgIpc) is 2.37. The molecule has 0 unspecified atom stereocenters. The number of hydrogen-bond donors (Lipinski definition) is 3. The summed E-state index contributed by atoms with van der Waals surface area (Å²) in [4.78, 5) is 15.2. The highest BCUT2D eigenvalue weighted by Gasteiger charge is 2.03. The number of hydrogen-bond acceptors (Lipinski definition) is 7. The van der Waals surface area contributed by atoms with E-state index in [2.05, 4.69) is 20.5 Å². The van der Waals surface area contributed by atoms with E-state index >= 15 is 0 Å². The van der Waals surface area contributed by atoms with Crippen molar-refractivity contribution >= 4 is 13.8 Å². The molecule has 0 atom stereocenters. The van der Waals surface area contributed by atoms with Crippen molar-refractivity contribution in [3.05, 3.63) is 30.1 Å². The van der Waals surface area contributed by atoms with Gasteiger partial charge in [0.1, 0.15) is 0 Å². The van der Waals surface area contributed by atoms with Gasteiger partial charge in [0.15, 0.2) is 0 Å². The lowest BCUT2D eigenvalue weighted by molar-refractivity contribution is -0.132. The number of amides is 1. The molecule has 18 heavy (non-hydrogen) atoms. The second-order valence-electron chi connectivity index (χ2n) is 3.29. The summed E-state index contributed by atoms with van der Waals surface area (Å²) in [7, 11) is -3.04. The Morgan fingerprint density at radius 3 is 2.33 bits per heavy atom. The van der Waals surface area contributed by atoms with Gasteiger partial charge in [-0.25, -0.2) is 19.8 Å². The maximum atomic E-state index is 11.3. The molecule has 0 aliphatic rings. The number of nitrogens with zero attached hydrogens (tertiary/aromatic N) is 1. The van der Waals surface area contributed by atoms with Gasteiger partial charge in [-0.3, -0.25) is 15.2 Å². The van der Waals surface area contributed by atoms with E-state index in [-0.39, 0.29) is 13.4 Å². The van der Waals surface area contributed by atoms with Gasteiger partial charge in [-0.2, -0.15) is 0 Å². The molecule has 0 aliphatic carbocycles. The van der Waals surface area contributed by atoms with Gasteiger partial charge in [-0.05, 0) is 26.0 Å².